The summed E-state index contributed by atoms with van der Waals surface area (Å²) < 4.78 is 1.61. The predicted octanol–water partition coefficient (Wildman–Crippen LogP) is 2.77. The van der Waals surface area contributed by atoms with E-state index in [0.717, 1.165) is 4.57 Å². The Kier molecular flexibility index (Phi) is 4.66. The number of rotatable bonds is 3. The van der Waals surface area contributed by atoms with Crippen LogP contribution in [0.3, 0.4) is 0 Å². The first-order valence-corrected chi connectivity index (χ1v) is 7.40. The Morgan fingerprint density at radius 1 is 1.43 bits per heavy atom. The van der Waals surface area contributed by atoms with E-state index in [1.165, 1.54) is 0 Å². The molecular formula is C14H11BrClN3O2. The smallest absolute Gasteiger partial charge is 0.297 e. The van der Waals surface area contributed by atoms with Gasteiger partial charge in [0.25, 0.3) is 5.56 Å². The fourth-order valence-corrected chi connectivity index (χ4v) is 2.62. The molecule has 1 aromatic carbocycles. The molecule has 7 heteroatoms. The van der Waals surface area contributed by atoms with Gasteiger partial charge in [0, 0.05) is 4.47 Å². The van der Waals surface area contributed by atoms with Crippen LogP contribution in [0.1, 0.15) is 24.5 Å². The molecule has 0 amide bonds. The molecule has 2 rings (SSSR count). The number of nitrogens with one attached hydrogen (secondary N) is 1. The van der Waals surface area contributed by atoms with E-state index in [1.807, 2.05) is 13.0 Å². The van der Waals surface area contributed by atoms with Crippen LogP contribution in [-0.4, -0.2) is 9.55 Å². The van der Waals surface area contributed by atoms with Gasteiger partial charge in [0.05, 0.1) is 16.8 Å². The van der Waals surface area contributed by atoms with Crippen LogP contribution in [0.5, 0.6) is 0 Å². The van der Waals surface area contributed by atoms with Gasteiger partial charge in [-0.05, 0) is 24.6 Å². The zero-order chi connectivity index (χ0) is 15.6. The van der Waals surface area contributed by atoms with Crippen molar-refractivity contribution in [3.63, 3.8) is 0 Å². The molecule has 1 heterocycles. The number of aromatic nitrogens is 2. The Labute approximate surface area is 133 Å². The highest BCUT2D eigenvalue weighted by atomic mass is 79.9. The summed E-state index contributed by atoms with van der Waals surface area (Å²) in [4.78, 5) is 27.1. The van der Waals surface area contributed by atoms with Crippen LogP contribution in [0.4, 0.5) is 0 Å². The third-order valence-electron chi connectivity index (χ3n) is 2.97. The van der Waals surface area contributed by atoms with Crippen molar-refractivity contribution in [2.45, 2.75) is 19.8 Å². The molecule has 5 nitrogen and oxygen atoms in total. The van der Waals surface area contributed by atoms with E-state index in [-0.39, 0.29) is 16.4 Å². The highest BCUT2D eigenvalue weighted by molar-refractivity contribution is 9.10. The minimum absolute atomic E-state index is 0.0524. The molecule has 0 saturated carbocycles. The molecule has 1 aromatic heterocycles. The van der Waals surface area contributed by atoms with Crippen molar-refractivity contribution in [3.05, 3.63) is 59.8 Å². The summed E-state index contributed by atoms with van der Waals surface area (Å²) in [5.41, 5.74) is -0.370. The SMILES string of the molecule is CCCc1c(Cl)[nH]c(=O)n(-c2cc(Br)ccc2C#N)c1=O. The molecule has 0 radical (unpaired) electrons. The molecule has 0 aliphatic rings. The summed E-state index contributed by atoms with van der Waals surface area (Å²) in [6.45, 7) is 1.91. The molecule has 108 valence electrons. The Morgan fingerprint density at radius 3 is 2.76 bits per heavy atom. The van der Waals surface area contributed by atoms with Gasteiger partial charge < -0.3 is 0 Å². The molecule has 0 atom stereocenters. The van der Waals surface area contributed by atoms with Crippen LogP contribution in [0.15, 0.2) is 32.3 Å². The molecule has 2 aromatic rings. The summed E-state index contributed by atoms with van der Waals surface area (Å²) in [6, 6.07) is 6.74. The maximum Gasteiger partial charge on any atom is 0.334 e. The maximum absolute atomic E-state index is 12.5. The number of benzene rings is 1. The van der Waals surface area contributed by atoms with E-state index >= 15 is 0 Å². The lowest BCUT2D eigenvalue weighted by atomic mass is 10.1. The molecule has 0 spiro atoms. The lowest BCUT2D eigenvalue weighted by Gasteiger charge is -2.10. The lowest BCUT2D eigenvalue weighted by Crippen LogP contribution is -2.36. The number of hydrogen-bond donors (Lipinski definition) is 1. The first-order chi connectivity index (χ1) is 9.99. The minimum atomic E-state index is -0.667. The summed E-state index contributed by atoms with van der Waals surface area (Å²) in [7, 11) is 0. The average Bonchev–Trinajstić information content (AvgIpc) is 2.43. The van der Waals surface area contributed by atoms with Crippen molar-refractivity contribution in [2.24, 2.45) is 0 Å². The lowest BCUT2D eigenvalue weighted by molar-refractivity contribution is 0.810. The molecule has 0 unspecified atom stereocenters. The van der Waals surface area contributed by atoms with E-state index in [4.69, 9.17) is 16.9 Å². The largest absolute Gasteiger partial charge is 0.334 e. The Morgan fingerprint density at radius 2 is 2.14 bits per heavy atom. The van der Waals surface area contributed by atoms with Gasteiger partial charge in [-0.3, -0.25) is 9.78 Å². The van der Waals surface area contributed by atoms with Crippen molar-refractivity contribution in [1.29, 1.82) is 5.26 Å². The molecule has 0 aliphatic carbocycles. The second-order valence-electron chi connectivity index (χ2n) is 4.39. The number of hydrogen-bond acceptors (Lipinski definition) is 3. The third-order valence-corrected chi connectivity index (χ3v) is 3.78. The average molecular weight is 369 g/mol. The zero-order valence-electron chi connectivity index (χ0n) is 11.1. The molecule has 21 heavy (non-hydrogen) atoms. The fourth-order valence-electron chi connectivity index (χ4n) is 2.02. The molecule has 0 saturated heterocycles. The summed E-state index contributed by atoms with van der Waals surface area (Å²) in [5, 5.41) is 9.21. The van der Waals surface area contributed by atoms with Gasteiger partial charge in [0.1, 0.15) is 11.2 Å². The molecule has 0 fully saturated rings. The normalized spacial score (nSPS) is 10.4. The van der Waals surface area contributed by atoms with Gasteiger partial charge in [-0.15, -0.1) is 0 Å². The van der Waals surface area contributed by atoms with E-state index in [1.54, 1.807) is 18.2 Å². The van der Waals surface area contributed by atoms with Crippen LogP contribution in [0.2, 0.25) is 5.15 Å². The Bertz CT molecular complexity index is 849. The number of nitrogens with zero attached hydrogens (tertiary/aromatic N) is 2. The summed E-state index contributed by atoms with van der Waals surface area (Å²) in [6.07, 6.45) is 1.16. The topological polar surface area (TPSA) is 78.7 Å². The second-order valence-corrected chi connectivity index (χ2v) is 5.68. The minimum Gasteiger partial charge on any atom is -0.297 e. The maximum atomic E-state index is 12.5. The van der Waals surface area contributed by atoms with Gasteiger partial charge in [-0.1, -0.05) is 40.9 Å². The number of halogens is 2. The third kappa shape index (κ3) is 2.94. The number of aromatic amines is 1. The van der Waals surface area contributed by atoms with Crippen LogP contribution >= 0.6 is 27.5 Å². The van der Waals surface area contributed by atoms with Crippen molar-refractivity contribution in [1.82, 2.24) is 9.55 Å². The quantitative estimate of drug-likeness (QED) is 0.846. The van der Waals surface area contributed by atoms with Crippen molar-refractivity contribution in [2.75, 3.05) is 0 Å². The van der Waals surface area contributed by atoms with E-state index < -0.39 is 11.2 Å². The van der Waals surface area contributed by atoms with Crippen LogP contribution in [0.25, 0.3) is 5.69 Å². The van der Waals surface area contributed by atoms with Crippen molar-refractivity contribution in [3.8, 4) is 11.8 Å². The van der Waals surface area contributed by atoms with E-state index in [2.05, 4.69) is 20.9 Å². The molecular weight excluding hydrogens is 358 g/mol. The second kappa shape index (κ2) is 6.29. The van der Waals surface area contributed by atoms with Gasteiger partial charge in [-0.25, -0.2) is 9.36 Å². The summed E-state index contributed by atoms with van der Waals surface area (Å²) in [5.74, 6) is 0. The Balaban J connectivity index is 2.86. The predicted molar refractivity (Wildman–Crippen MR) is 84.1 cm³/mol. The molecule has 0 aliphatic heterocycles. The van der Waals surface area contributed by atoms with Crippen molar-refractivity contribution >= 4 is 27.5 Å². The zero-order valence-corrected chi connectivity index (χ0v) is 13.5. The fraction of sp³-hybridized carbons (Fsp3) is 0.214. The molecule has 0 bridgehead atoms. The number of H-pyrrole nitrogens is 1. The first kappa shape index (κ1) is 15.5. The van der Waals surface area contributed by atoms with Gasteiger partial charge >= 0.3 is 5.69 Å². The van der Waals surface area contributed by atoms with Crippen LogP contribution in [-0.2, 0) is 6.42 Å². The first-order valence-electron chi connectivity index (χ1n) is 6.23. The van der Waals surface area contributed by atoms with Gasteiger partial charge in [0.15, 0.2) is 0 Å². The van der Waals surface area contributed by atoms with Crippen LogP contribution < -0.4 is 11.2 Å². The highest BCUT2D eigenvalue weighted by Gasteiger charge is 2.16. The monoisotopic (exact) mass is 367 g/mol. The highest BCUT2D eigenvalue weighted by Crippen LogP contribution is 2.18. The van der Waals surface area contributed by atoms with Crippen LogP contribution in [0, 0.1) is 11.3 Å². The van der Waals surface area contributed by atoms with E-state index in [9.17, 15) is 9.59 Å². The number of nitriles is 1. The Hall–Kier alpha value is -1.84. The summed E-state index contributed by atoms with van der Waals surface area (Å²) >= 11 is 9.21. The standard InChI is InChI=1S/C14H11BrClN3O2/c1-2-3-10-12(16)18-14(21)19(13(10)20)11-6-9(15)5-4-8(11)7-17/h4-6H,2-3H2,1H3,(H,18,21). The van der Waals surface area contributed by atoms with E-state index in [0.29, 0.717) is 22.9 Å². The van der Waals surface area contributed by atoms with Crippen molar-refractivity contribution < 1.29 is 0 Å². The molecule has 1 N–H and O–H groups in total. The van der Waals surface area contributed by atoms with Gasteiger partial charge in [0.2, 0.25) is 0 Å². The van der Waals surface area contributed by atoms with Gasteiger partial charge in [-0.2, -0.15) is 5.26 Å².